The summed E-state index contributed by atoms with van der Waals surface area (Å²) >= 11 is 7.53. The van der Waals surface area contributed by atoms with Crippen molar-refractivity contribution in [1.29, 1.82) is 0 Å². The van der Waals surface area contributed by atoms with Gasteiger partial charge in [-0.1, -0.05) is 42.5 Å². The molecule has 120 valence electrons. The van der Waals surface area contributed by atoms with E-state index in [0.29, 0.717) is 12.3 Å². The van der Waals surface area contributed by atoms with Gasteiger partial charge in [0, 0.05) is 22.9 Å². The summed E-state index contributed by atoms with van der Waals surface area (Å²) in [6.45, 7) is 0. The number of amides is 1. The summed E-state index contributed by atoms with van der Waals surface area (Å²) < 4.78 is 0. The molecule has 1 N–H and O–H groups in total. The molecular weight excluding hydrogens is 326 g/mol. The summed E-state index contributed by atoms with van der Waals surface area (Å²) in [7, 11) is 0. The van der Waals surface area contributed by atoms with Gasteiger partial charge in [0.1, 0.15) is 0 Å². The molecule has 1 unspecified atom stereocenters. The van der Waals surface area contributed by atoms with Crippen molar-refractivity contribution in [2.45, 2.75) is 36.0 Å². The predicted octanol–water partition coefficient (Wildman–Crippen LogP) is 4.91. The van der Waals surface area contributed by atoms with Crippen LogP contribution in [0.4, 0.5) is 0 Å². The quantitative estimate of drug-likeness (QED) is 0.616. The molecule has 0 saturated carbocycles. The van der Waals surface area contributed by atoms with Crippen molar-refractivity contribution in [3.63, 3.8) is 0 Å². The molecule has 1 atom stereocenters. The molecule has 2 aromatic carbocycles. The Kier molecular flexibility index (Phi) is 5.63. The van der Waals surface area contributed by atoms with E-state index in [9.17, 15) is 4.79 Å². The van der Waals surface area contributed by atoms with E-state index in [1.807, 2.05) is 23.9 Å². The number of hydrogen-bond acceptors (Lipinski definition) is 2. The Labute approximate surface area is 146 Å². The number of rotatable bonds is 5. The Hall–Kier alpha value is -1.45. The summed E-state index contributed by atoms with van der Waals surface area (Å²) in [6.07, 6.45) is 2.24. The number of carbonyl (C=O) groups excluding carboxylic acids is 1. The van der Waals surface area contributed by atoms with Crippen molar-refractivity contribution in [2.75, 3.05) is 5.88 Å². The zero-order chi connectivity index (χ0) is 16.1. The molecule has 3 rings (SSSR count). The van der Waals surface area contributed by atoms with Crippen molar-refractivity contribution in [1.82, 2.24) is 5.32 Å². The van der Waals surface area contributed by atoms with Crippen molar-refractivity contribution in [3.8, 4) is 0 Å². The summed E-state index contributed by atoms with van der Waals surface area (Å²) in [4.78, 5) is 13.6. The van der Waals surface area contributed by atoms with E-state index in [-0.39, 0.29) is 11.9 Å². The van der Waals surface area contributed by atoms with Crippen LogP contribution in [-0.2, 0) is 10.5 Å². The number of halogens is 1. The van der Waals surface area contributed by atoms with E-state index in [0.717, 1.165) is 18.6 Å². The Bertz CT molecular complexity index is 641. The van der Waals surface area contributed by atoms with E-state index in [1.165, 1.54) is 21.6 Å². The fourth-order valence-electron chi connectivity index (χ4n) is 2.89. The number of hydrogen-bond donors (Lipinski definition) is 1. The van der Waals surface area contributed by atoms with Crippen LogP contribution >= 0.6 is 23.4 Å². The third kappa shape index (κ3) is 3.91. The third-order valence-corrected chi connectivity index (χ3v) is 5.48. The molecule has 0 radical (unpaired) electrons. The van der Waals surface area contributed by atoms with Gasteiger partial charge in [-0.15, -0.1) is 23.4 Å². The molecule has 0 aliphatic carbocycles. The zero-order valence-corrected chi connectivity index (χ0v) is 14.5. The van der Waals surface area contributed by atoms with Gasteiger partial charge in [-0.2, -0.15) is 0 Å². The van der Waals surface area contributed by atoms with Crippen molar-refractivity contribution < 1.29 is 4.79 Å². The summed E-state index contributed by atoms with van der Waals surface area (Å²) in [6, 6.07) is 16.7. The molecule has 0 bridgehead atoms. The lowest BCUT2D eigenvalue weighted by Gasteiger charge is -2.21. The number of benzene rings is 2. The van der Waals surface area contributed by atoms with Crippen LogP contribution in [0, 0.1) is 0 Å². The summed E-state index contributed by atoms with van der Waals surface area (Å²) in [5.41, 5.74) is 3.68. The summed E-state index contributed by atoms with van der Waals surface area (Å²) in [5.74, 6) is 1.64. The number of carbonyl (C=O) groups is 1. The molecule has 23 heavy (non-hydrogen) atoms. The second kappa shape index (κ2) is 7.89. The smallest absolute Gasteiger partial charge is 0.220 e. The molecule has 0 saturated heterocycles. The number of unbranched alkanes of at least 4 members (excludes halogenated alkanes) is 1. The number of thioether (sulfide) groups is 1. The van der Waals surface area contributed by atoms with Crippen LogP contribution in [0.2, 0.25) is 0 Å². The zero-order valence-electron chi connectivity index (χ0n) is 12.9. The highest BCUT2D eigenvalue weighted by atomic mass is 35.5. The fraction of sp³-hybridized carbons (Fsp3) is 0.316. The van der Waals surface area contributed by atoms with Gasteiger partial charge in [0.15, 0.2) is 0 Å². The number of alkyl halides is 1. The molecular formula is C19H20ClNOS. The van der Waals surface area contributed by atoms with Gasteiger partial charge < -0.3 is 5.32 Å². The third-order valence-electron chi connectivity index (χ3n) is 4.07. The molecule has 1 heterocycles. The van der Waals surface area contributed by atoms with E-state index >= 15 is 0 Å². The predicted molar refractivity (Wildman–Crippen MR) is 97.0 cm³/mol. The van der Waals surface area contributed by atoms with Gasteiger partial charge >= 0.3 is 0 Å². The Morgan fingerprint density at radius 1 is 1.09 bits per heavy atom. The van der Waals surface area contributed by atoms with Crippen LogP contribution < -0.4 is 5.32 Å². The normalized spacial score (nSPS) is 16.1. The SMILES string of the molecule is O=C(CCCCCl)NC1c2ccccc2CSc2ccccc21. The first-order chi connectivity index (χ1) is 11.3. The highest BCUT2D eigenvalue weighted by Crippen LogP contribution is 2.39. The molecule has 2 aromatic rings. The fourth-order valence-corrected chi connectivity index (χ4v) is 4.18. The molecule has 0 spiro atoms. The lowest BCUT2D eigenvalue weighted by molar-refractivity contribution is -0.121. The highest BCUT2D eigenvalue weighted by molar-refractivity contribution is 7.98. The van der Waals surface area contributed by atoms with Gasteiger partial charge in [0.05, 0.1) is 6.04 Å². The van der Waals surface area contributed by atoms with Crippen LogP contribution in [0.15, 0.2) is 53.4 Å². The van der Waals surface area contributed by atoms with Crippen LogP contribution in [-0.4, -0.2) is 11.8 Å². The van der Waals surface area contributed by atoms with E-state index in [2.05, 4.69) is 41.7 Å². The van der Waals surface area contributed by atoms with E-state index in [1.54, 1.807) is 0 Å². The first kappa shape index (κ1) is 16.4. The number of fused-ring (bicyclic) bond motifs is 2. The van der Waals surface area contributed by atoms with Crippen LogP contribution in [0.25, 0.3) is 0 Å². The maximum absolute atomic E-state index is 12.4. The Morgan fingerprint density at radius 2 is 1.83 bits per heavy atom. The molecule has 1 amide bonds. The van der Waals surface area contributed by atoms with Crippen molar-refractivity contribution in [3.05, 3.63) is 65.2 Å². The largest absolute Gasteiger partial charge is 0.345 e. The minimum absolute atomic E-state index is 0.0686. The van der Waals surface area contributed by atoms with Gasteiger partial charge in [-0.25, -0.2) is 0 Å². The second-order valence-corrected chi connectivity index (χ2v) is 7.07. The minimum Gasteiger partial charge on any atom is -0.345 e. The highest BCUT2D eigenvalue weighted by Gasteiger charge is 2.24. The van der Waals surface area contributed by atoms with Gasteiger partial charge in [0.2, 0.25) is 5.91 Å². The van der Waals surface area contributed by atoms with Crippen LogP contribution in [0.5, 0.6) is 0 Å². The van der Waals surface area contributed by atoms with Gasteiger partial charge in [0.25, 0.3) is 0 Å². The maximum Gasteiger partial charge on any atom is 0.220 e. The maximum atomic E-state index is 12.4. The van der Waals surface area contributed by atoms with Crippen molar-refractivity contribution in [2.24, 2.45) is 0 Å². The molecule has 4 heteroatoms. The minimum atomic E-state index is -0.0686. The first-order valence-corrected chi connectivity index (χ1v) is 9.46. The average Bonchev–Trinajstić information content (AvgIpc) is 2.73. The standard InChI is InChI=1S/C19H20ClNOS/c20-12-6-5-11-18(22)21-19-15-8-2-1-7-14(15)13-23-17-10-4-3-9-16(17)19/h1-4,7-10,19H,5-6,11-13H2,(H,21,22). The first-order valence-electron chi connectivity index (χ1n) is 7.94. The Morgan fingerprint density at radius 3 is 2.65 bits per heavy atom. The lowest BCUT2D eigenvalue weighted by Crippen LogP contribution is -2.29. The molecule has 2 nitrogen and oxygen atoms in total. The monoisotopic (exact) mass is 345 g/mol. The van der Waals surface area contributed by atoms with E-state index < -0.39 is 0 Å². The van der Waals surface area contributed by atoms with Crippen LogP contribution in [0.3, 0.4) is 0 Å². The molecule has 0 aromatic heterocycles. The lowest BCUT2D eigenvalue weighted by atomic mass is 9.95. The molecule has 0 fully saturated rings. The molecule has 1 aliphatic heterocycles. The van der Waals surface area contributed by atoms with Crippen molar-refractivity contribution >= 4 is 29.3 Å². The van der Waals surface area contributed by atoms with Gasteiger partial charge in [-0.3, -0.25) is 4.79 Å². The van der Waals surface area contributed by atoms with Crippen LogP contribution in [0.1, 0.15) is 42.0 Å². The number of nitrogens with one attached hydrogen (secondary N) is 1. The molecule has 1 aliphatic rings. The average molecular weight is 346 g/mol. The Balaban J connectivity index is 1.89. The van der Waals surface area contributed by atoms with E-state index in [4.69, 9.17) is 11.6 Å². The summed E-state index contributed by atoms with van der Waals surface area (Å²) in [5, 5.41) is 3.23. The van der Waals surface area contributed by atoms with Gasteiger partial charge in [-0.05, 0) is 35.6 Å². The second-order valence-electron chi connectivity index (χ2n) is 5.67. The topological polar surface area (TPSA) is 29.1 Å².